The van der Waals surface area contributed by atoms with Crippen molar-refractivity contribution in [2.24, 2.45) is 23.7 Å². The molecule has 2 saturated heterocycles. The molecule has 0 N–H and O–H groups in total. The van der Waals surface area contributed by atoms with Crippen LogP contribution in [0.5, 0.6) is 0 Å². The monoisotopic (exact) mass is 393 g/mol. The van der Waals surface area contributed by atoms with Crippen LogP contribution in [-0.4, -0.2) is 85.7 Å². The average molecular weight is 394 g/mol. The van der Waals surface area contributed by atoms with Crippen LogP contribution in [0.4, 0.5) is 0 Å². The van der Waals surface area contributed by atoms with Gasteiger partial charge in [-0.25, -0.2) is 0 Å². The van der Waals surface area contributed by atoms with Gasteiger partial charge in [0.2, 0.25) is 5.91 Å². The Balaban J connectivity index is 1.30. The van der Waals surface area contributed by atoms with Gasteiger partial charge in [0.25, 0.3) is 0 Å². The van der Waals surface area contributed by atoms with Crippen molar-refractivity contribution < 1.29 is 9.53 Å². The number of piperazine rings is 1. The largest absolute Gasteiger partial charge is 0.381 e. The van der Waals surface area contributed by atoms with Gasteiger partial charge < -0.3 is 14.5 Å². The van der Waals surface area contributed by atoms with Crippen LogP contribution in [0, 0.1) is 23.7 Å². The van der Waals surface area contributed by atoms with E-state index in [-0.39, 0.29) is 5.92 Å². The van der Waals surface area contributed by atoms with Crippen LogP contribution in [0.15, 0.2) is 0 Å². The van der Waals surface area contributed by atoms with E-state index in [1.54, 1.807) is 0 Å². The van der Waals surface area contributed by atoms with Crippen LogP contribution < -0.4 is 0 Å². The molecule has 28 heavy (non-hydrogen) atoms. The molecule has 0 atom stereocenters. The highest BCUT2D eigenvalue weighted by molar-refractivity contribution is 5.79. The summed E-state index contributed by atoms with van der Waals surface area (Å²) in [7, 11) is 0. The molecule has 0 bridgehead atoms. The van der Waals surface area contributed by atoms with Crippen molar-refractivity contribution in [1.29, 1.82) is 0 Å². The highest BCUT2D eigenvalue weighted by Crippen LogP contribution is 2.30. The van der Waals surface area contributed by atoms with Crippen molar-refractivity contribution in [3.8, 4) is 0 Å². The topological polar surface area (TPSA) is 36.0 Å². The average Bonchev–Trinajstić information content (AvgIpc) is 2.64. The predicted molar refractivity (Wildman–Crippen MR) is 114 cm³/mol. The van der Waals surface area contributed by atoms with Gasteiger partial charge in [-0.15, -0.1) is 0 Å². The van der Waals surface area contributed by atoms with E-state index in [1.807, 2.05) is 0 Å². The number of hydrogen-bond donors (Lipinski definition) is 0. The Labute approximate surface area is 172 Å². The molecule has 3 fully saturated rings. The van der Waals surface area contributed by atoms with Gasteiger partial charge in [-0.3, -0.25) is 9.69 Å². The fourth-order valence-corrected chi connectivity index (χ4v) is 4.97. The molecule has 162 valence electrons. The first-order valence-electron chi connectivity index (χ1n) is 11.7. The zero-order chi connectivity index (χ0) is 20.1. The fourth-order valence-electron chi connectivity index (χ4n) is 4.97. The molecular formula is C23H43N3O2. The maximum atomic E-state index is 12.9. The lowest BCUT2D eigenvalue weighted by Crippen LogP contribution is -2.57. The molecular weight excluding hydrogens is 350 g/mol. The number of carbonyl (C=O) groups excluding carboxylic acids is 1. The molecule has 3 aliphatic rings. The maximum absolute atomic E-state index is 12.9. The Hall–Kier alpha value is -0.650. The quantitative estimate of drug-likeness (QED) is 0.635. The van der Waals surface area contributed by atoms with E-state index >= 15 is 0 Å². The van der Waals surface area contributed by atoms with Gasteiger partial charge in [-0.2, -0.15) is 0 Å². The standard InChI is InChI=1S/C23H43N3O2/c1-18(2)16-28-17-20-5-7-22(8-6-20)23(27)25-11-9-24(10-12-25)13-21-14-26(15-21)19(3)4/h18-22H,5-17H2,1-4H3. The van der Waals surface area contributed by atoms with E-state index in [1.165, 1.54) is 19.6 Å². The van der Waals surface area contributed by atoms with Gasteiger partial charge in [-0.1, -0.05) is 13.8 Å². The molecule has 5 heteroatoms. The highest BCUT2D eigenvalue weighted by Gasteiger charge is 2.33. The summed E-state index contributed by atoms with van der Waals surface area (Å²) in [4.78, 5) is 20.2. The van der Waals surface area contributed by atoms with Gasteiger partial charge in [0, 0.05) is 71.0 Å². The second-order valence-electron chi connectivity index (χ2n) is 10.2. The van der Waals surface area contributed by atoms with E-state index in [0.29, 0.717) is 23.8 Å². The van der Waals surface area contributed by atoms with Crippen molar-refractivity contribution in [3.05, 3.63) is 0 Å². The van der Waals surface area contributed by atoms with Crippen LogP contribution in [0.25, 0.3) is 0 Å². The molecule has 0 aromatic heterocycles. The van der Waals surface area contributed by atoms with Crippen molar-refractivity contribution in [1.82, 2.24) is 14.7 Å². The van der Waals surface area contributed by atoms with Crippen molar-refractivity contribution in [3.63, 3.8) is 0 Å². The van der Waals surface area contributed by atoms with E-state index in [0.717, 1.165) is 71.0 Å². The van der Waals surface area contributed by atoms with Gasteiger partial charge in [0.15, 0.2) is 0 Å². The second kappa shape index (κ2) is 10.4. The molecule has 1 amide bonds. The van der Waals surface area contributed by atoms with Crippen LogP contribution in [-0.2, 0) is 9.53 Å². The molecule has 0 spiro atoms. The first kappa shape index (κ1) is 22.0. The van der Waals surface area contributed by atoms with E-state index in [2.05, 4.69) is 42.4 Å². The SMILES string of the molecule is CC(C)COCC1CCC(C(=O)N2CCN(CC3CN(C(C)C)C3)CC2)CC1. The number of carbonyl (C=O) groups is 1. The van der Waals surface area contributed by atoms with E-state index in [9.17, 15) is 4.79 Å². The van der Waals surface area contributed by atoms with Crippen LogP contribution in [0.2, 0.25) is 0 Å². The number of nitrogens with zero attached hydrogens (tertiary/aromatic N) is 3. The molecule has 5 nitrogen and oxygen atoms in total. The normalized spacial score (nSPS) is 28.1. The minimum absolute atomic E-state index is 0.263. The lowest BCUT2D eigenvalue weighted by Gasteiger charge is -2.45. The minimum atomic E-state index is 0.263. The zero-order valence-electron chi connectivity index (χ0n) is 18.7. The van der Waals surface area contributed by atoms with Gasteiger partial charge in [-0.05, 0) is 57.3 Å². The van der Waals surface area contributed by atoms with Gasteiger partial charge in [0.05, 0.1) is 0 Å². The van der Waals surface area contributed by atoms with Crippen molar-refractivity contribution in [2.75, 3.05) is 59.0 Å². The molecule has 0 radical (unpaired) electrons. The summed E-state index contributed by atoms with van der Waals surface area (Å²) in [6, 6.07) is 0.683. The number of rotatable bonds is 8. The molecule has 2 aliphatic heterocycles. The molecule has 2 heterocycles. The Kier molecular flexibility index (Phi) is 8.19. The maximum Gasteiger partial charge on any atom is 0.225 e. The summed E-state index contributed by atoms with van der Waals surface area (Å²) in [5.74, 6) is 2.79. The highest BCUT2D eigenvalue weighted by atomic mass is 16.5. The summed E-state index contributed by atoms with van der Waals surface area (Å²) in [5.41, 5.74) is 0. The van der Waals surface area contributed by atoms with E-state index in [4.69, 9.17) is 4.74 Å². The second-order valence-corrected chi connectivity index (χ2v) is 10.2. The minimum Gasteiger partial charge on any atom is -0.381 e. The molecule has 0 unspecified atom stereocenters. The smallest absolute Gasteiger partial charge is 0.225 e. The molecule has 1 aliphatic carbocycles. The summed E-state index contributed by atoms with van der Waals surface area (Å²) in [6.45, 7) is 18.4. The zero-order valence-corrected chi connectivity index (χ0v) is 18.7. The number of ether oxygens (including phenoxy) is 1. The lowest BCUT2D eigenvalue weighted by atomic mass is 9.81. The Morgan fingerprint density at radius 2 is 1.57 bits per heavy atom. The van der Waals surface area contributed by atoms with Crippen LogP contribution in [0.3, 0.4) is 0 Å². The lowest BCUT2D eigenvalue weighted by molar-refractivity contribution is -0.139. The molecule has 3 rings (SSSR count). The van der Waals surface area contributed by atoms with Gasteiger partial charge >= 0.3 is 0 Å². The Morgan fingerprint density at radius 3 is 2.14 bits per heavy atom. The molecule has 0 aromatic carbocycles. The first-order valence-corrected chi connectivity index (χ1v) is 11.7. The number of likely N-dealkylation sites (tertiary alicyclic amines) is 1. The number of amides is 1. The van der Waals surface area contributed by atoms with Gasteiger partial charge in [0.1, 0.15) is 0 Å². The summed E-state index contributed by atoms with van der Waals surface area (Å²) < 4.78 is 5.82. The third-order valence-corrected chi connectivity index (χ3v) is 6.92. The summed E-state index contributed by atoms with van der Waals surface area (Å²) in [5, 5.41) is 0. The summed E-state index contributed by atoms with van der Waals surface area (Å²) in [6.07, 6.45) is 4.43. The Morgan fingerprint density at radius 1 is 0.929 bits per heavy atom. The summed E-state index contributed by atoms with van der Waals surface area (Å²) >= 11 is 0. The van der Waals surface area contributed by atoms with Crippen molar-refractivity contribution in [2.45, 2.75) is 59.4 Å². The molecule has 1 saturated carbocycles. The fraction of sp³-hybridized carbons (Fsp3) is 0.957. The third-order valence-electron chi connectivity index (χ3n) is 6.92. The first-order chi connectivity index (χ1) is 13.4. The van der Waals surface area contributed by atoms with Crippen molar-refractivity contribution >= 4 is 5.91 Å². The predicted octanol–water partition coefficient (Wildman–Crippen LogP) is 2.95. The third kappa shape index (κ3) is 6.17. The molecule has 0 aromatic rings. The Bertz CT molecular complexity index is 474. The van der Waals surface area contributed by atoms with Crippen LogP contribution >= 0.6 is 0 Å². The van der Waals surface area contributed by atoms with E-state index < -0.39 is 0 Å². The number of hydrogen-bond acceptors (Lipinski definition) is 4. The van der Waals surface area contributed by atoms with Crippen LogP contribution in [0.1, 0.15) is 53.4 Å².